The Kier molecular flexibility index (Phi) is 5.26. The van der Waals surface area contributed by atoms with E-state index in [1.165, 1.54) is 30.2 Å². The largest absolute Gasteiger partial charge is 0.309 e. The summed E-state index contributed by atoms with van der Waals surface area (Å²) in [7, 11) is 0. The second kappa shape index (κ2) is 6.95. The van der Waals surface area contributed by atoms with Crippen molar-refractivity contribution in [3.8, 4) is 0 Å². The molecule has 0 radical (unpaired) electrons. The van der Waals surface area contributed by atoms with E-state index in [0.717, 1.165) is 18.6 Å². The molecule has 2 nitrogen and oxygen atoms in total. The second-order valence-electron chi connectivity index (χ2n) is 4.97. The fourth-order valence-corrected chi connectivity index (χ4v) is 3.35. The van der Waals surface area contributed by atoms with E-state index < -0.39 is 0 Å². The molecule has 1 atom stereocenters. The maximum absolute atomic E-state index is 8.14. The highest BCUT2D eigenvalue weighted by Crippen LogP contribution is 2.15. The van der Waals surface area contributed by atoms with Gasteiger partial charge in [-0.1, -0.05) is 30.3 Å². The van der Waals surface area contributed by atoms with Gasteiger partial charge in [0, 0.05) is 49.2 Å². The summed E-state index contributed by atoms with van der Waals surface area (Å²) >= 11 is 2.04. The summed E-state index contributed by atoms with van der Waals surface area (Å²) in [5.74, 6) is 2.49. The van der Waals surface area contributed by atoms with E-state index >= 15 is 0 Å². The Hall–Kier alpha value is -0.800. The Morgan fingerprint density at radius 2 is 1.94 bits per heavy atom. The predicted octanol–water partition coefficient (Wildman–Crippen LogP) is 3.08. The summed E-state index contributed by atoms with van der Waals surface area (Å²) in [4.78, 5) is 2.52. The summed E-state index contributed by atoms with van der Waals surface area (Å²) in [5, 5.41) is 8.14. The molecule has 1 aromatic carbocycles. The van der Waals surface area contributed by atoms with Crippen molar-refractivity contribution in [1.29, 1.82) is 5.41 Å². The first-order valence-corrected chi connectivity index (χ1v) is 7.83. The minimum atomic E-state index is 0.516. The summed E-state index contributed by atoms with van der Waals surface area (Å²) < 4.78 is 0. The summed E-state index contributed by atoms with van der Waals surface area (Å²) in [6, 6.07) is 10.9. The number of rotatable bonds is 5. The molecule has 1 fully saturated rings. The maximum atomic E-state index is 8.14. The van der Waals surface area contributed by atoms with Crippen molar-refractivity contribution < 1.29 is 0 Å². The van der Waals surface area contributed by atoms with E-state index in [0.29, 0.717) is 6.04 Å². The van der Waals surface area contributed by atoms with Crippen LogP contribution in [0.4, 0.5) is 0 Å². The second-order valence-corrected chi connectivity index (χ2v) is 6.19. The molecule has 98 valence electrons. The van der Waals surface area contributed by atoms with Gasteiger partial charge in [-0.05, 0) is 12.5 Å². The van der Waals surface area contributed by atoms with Gasteiger partial charge in [0.25, 0.3) is 0 Å². The Balaban J connectivity index is 1.79. The van der Waals surface area contributed by atoms with Crippen molar-refractivity contribution >= 4 is 17.5 Å². The number of nitrogens with zero attached hydrogens (tertiary/aromatic N) is 1. The van der Waals surface area contributed by atoms with Crippen LogP contribution < -0.4 is 0 Å². The predicted molar refractivity (Wildman–Crippen MR) is 80.8 cm³/mol. The van der Waals surface area contributed by atoms with Gasteiger partial charge in [0.05, 0.1) is 0 Å². The molecule has 1 aliphatic rings. The van der Waals surface area contributed by atoms with Crippen molar-refractivity contribution in [2.75, 3.05) is 24.6 Å². The van der Waals surface area contributed by atoms with Gasteiger partial charge < -0.3 is 5.41 Å². The van der Waals surface area contributed by atoms with Gasteiger partial charge in [-0.25, -0.2) is 0 Å². The Morgan fingerprint density at radius 1 is 1.28 bits per heavy atom. The molecule has 0 saturated carbocycles. The van der Waals surface area contributed by atoms with Gasteiger partial charge in [0.2, 0.25) is 0 Å². The number of nitrogens with one attached hydrogen (secondary N) is 1. The highest BCUT2D eigenvalue weighted by atomic mass is 32.2. The topological polar surface area (TPSA) is 27.1 Å². The summed E-state index contributed by atoms with van der Waals surface area (Å²) in [6.45, 7) is 4.63. The standard InChI is InChI=1S/C15H22N2S/c1-13(17-7-9-18-10-8-17)11-15(16)12-14-5-3-2-4-6-14/h2-6,13,16H,7-12H2,1H3. The molecule has 1 saturated heterocycles. The molecule has 0 aromatic heterocycles. The van der Waals surface area contributed by atoms with Gasteiger partial charge in [-0.2, -0.15) is 11.8 Å². The molecule has 1 unspecified atom stereocenters. The maximum Gasteiger partial charge on any atom is 0.0148 e. The molecule has 0 spiro atoms. The lowest BCUT2D eigenvalue weighted by atomic mass is 10.0. The fourth-order valence-electron chi connectivity index (χ4n) is 2.42. The summed E-state index contributed by atoms with van der Waals surface area (Å²) in [5.41, 5.74) is 2.11. The van der Waals surface area contributed by atoms with E-state index in [-0.39, 0.29) is 0 Å². The molecule has 1 aliphatic heterocycles. The van der Waals surface area contributed by atoms with Crippen LogP contribution in [-0.4, -0.2) is 41.2 Å². The van der Waals surface area contributed by atoms with Crippen molar-refractivity contribution in [2.24, 2.45) is 0 Å². The van der Waals surface area contributed by atoms with Crippen LogP contribution in [0.15, 0.2) is 30.3 Å². The van der Waals surface area contributed by atoms with Crippen LogP contribution in [0, 0.1) is 5.41 Å². The van der Waals surface area contributed by atoms with Gasteiger partial charge in [-0.15, -0.1) is 0 Å². The van der Waals surface area contributed by atoms with Gasteiger partial charge >= 0.3 is 0 Å². The minimum Gasteiger partial charge on any atom is -0.309 e. The molecule has 1 aromatic rings. The zero-order chi connectivity index (χ0) is 12.8. The fraction of sp³-hybridized carbons (Fsp3) is 0.533. The van der Waals surface area contributed by atoms with E-state index in [9.17, 15) is 0 Å². The van der Waals surface area contributed by atoms with Crippen LogP contribution in [-0.2, 0) is 6.42 Å². The monoisotopic (exact) mass is 262 g/mol. The average molecular weight is 262 g/mol. The van der Waals surface area contributed by atoms with Crippen LogP contribution >= 0.6 is 11.8 Å². The lowest BCUT2D eigenvalue weighted by molar-refractivity contribution is 0.235. The molecular formula is C15H22N2S. The number of hydrogen-bond acceptors (Lipinski definition) is 3. The molecule has 0 aliphatic carbocycles. The summed E-state index contributed by atoms with van der Waals surface area (Å²) in [6.07, 6.45) is 1.70. The Bertz CT molecular complexity index is 371. The number of thioether (sulfide) groups is 1. The molecule has 2 rings (SSSR count). The van der Waals surface area contributed by atoms with Crippen LogP contribution in [0.25, 0.3) is 0 Å². The molecule has 3 heteroatoms. The van der Waals surface area contributed by atoms with Crippen LogP contribution in [0.1, 0.15) is 18.9 Å². The van der Waals surface area contributed by atoms with E-state index in [2.05, 4.69) is 24.0 Å². The number of hydrogen-bond donors (Lipinski definition) is 1. The van der Waals surface area contributed by atoms with Gasteiger partial charge in [0.1, 0.15) is 0 Å². The molecule has 1 heterocycles. The highest BCUT2D eigenvalue weighted by Gasteiger charge is 2.17. The van der Waals surface area contributed by atoms with Crippen molar-refractivity contribution in [2.45, 2.75) is 25.8 Å². The first-order valence-electron chi connectivity index (χ1n) is 6.67. The molecule has 0 amide bonds. The minimum absolute atomic E-state index is 0.516. The van der Waals surface area contributed by atoms with Gasteiger partial charge in [-0.3, -0.25) is 4.90 Å². The first kappa shape index (κ1) is 13.6. The highest BCUT2D eigenvalue weighted by molar-refractivity contribution is 7.99. The quantitative estimate of drug-likeness (QED) is 0.826. The van der Waals surface area contributed by atoms with E-state index in [1.54, 1.807) is 0 Å². The van der Waals surface area contributed by atoms with Crippen molar-refractivity contribution in [1.82, 2.24) is 4.90 Å². The van der Waals surface area contributed by atoms with Crippen molar-refractivity contribution in [3.05, 3.63) is 35.9 Å². The van der Waals surface area contributed by atoms with E-state index in [1.807, 2.05) is 30.0 Å². The normalized spacial score (nSPS) is 18.5. The Morgan fingerprint density at radius 3 is 2.61 bits per heavy atom. The molecular weight excluding hydrogens is 240 g/mol. The third-order valence-electron chi connectivity index (χ3n) is 3.47. The lowest BCUT2D eigenvalue weighted by Gasteiger charge is -2.32. The molecule has 18 heavy (non-hydrogen) atoms. The van der Waals surface area contributed by atoms with Crippen LogP contribution in [0.3, 0.4) is 0 Å². The van der Waals surface area contributed by atoms with E-state index in [4.69, 9.17) is 5.41 Å². The molecule has 0 bridgehead atoms. The van der Waals surface area contributed by atoms with Crippen molar-refractivity contribution in [3.63, 3.8) is 0 Å². The smallest absolute Gasteiger partial charge is 0.0148 e. The van der Waals surface area contributed by atoms with Gasteiger partial charge in [0.15, 0.2) is 0 Å². The zero-order valence-corrected chi connectivity index (χ0v) is 11.9. The SMILES string of the molecule is CC(CC(=N)Cc1ccccc1)N1CCSCC1. The molecule has 1 N–H and O–H groups in total. The Labute approximate surface area is 114 Å². The third kappa shape index (κ3) is 4.14. The number of benzene rings is 1. The third-order valence-corrected chi connectivity index (χ3v) is 4.41. The average Bonchev–Trinajstić information content (AvgIpc) is 2.40. The van der Waals surface area contributed by atoms with Crippen LogP contribution in [0.2, 0.25) is 0 Å². The van der Waals surface area contributed by atoms with Crippen LogP contribution in [0.5, 0.6) is 0 Å². The first-order chi connectivity index (χ1) is 8.75. The lowest BCUT2D eigenvalue weighted by Crippen LogP contribution is -2.40. The zero-order valence-electron chi connectivity index (χ0n) is 11.1.